The van der Waals surface area contributed by atoms with E-state index in [9.17, 15) is 18.0 Å². The number of rotatable bonds is 4. The van der Waals surface area contributed by atoms with Crippen molar-refractivity contribution in [1.82, 2.24) is 4.72 Å². The molecule has 0 aliphatic carbocycles. The van der Waals surface area contributed by atoms with Gasteiger partial charge in [-0.25, -0.2) is 13.1 Å². The zero-order valence-electron chi connectivity index (χ0n) is 14.5. The predicted molar refractivity (Wildman–Crippen MR) is 114 cm³/mol. The molecule has 2 aromatic carbocycles. The Labute approximate surface area is 188 Å². The van der Waals surface area contributed by atoms with Crippen molar-refractivity contribution in [2.75, 3.05) is 11.4 Å². The summed E-state index contributed by atoms with van der Waals surface area (Å²) in [6.45, 7) is 0.00205. The van der Waals surface area contributed by atoms with Crippen LogP contribution in [0.3, 0.4) is 0 Å². The van der Waals surface area contributed by atoms with Gasteiger partial charge in [-0.05, 0) is 52.3 Å². The van der Waals surface area contributed by atoms with Crippen LogP contribution < -0.4 is 9.62 Å². The van der Waals surface area contributed by atoms with Crippen molar-refractivity contribution >= 4 is 71.0 Å². The monoisotopic (exact) mass is 559 g/mol. The predicted octanol–water partition coefficient (Wildman–Crippen LogP) is 3.59. The largest absolute Gasteiger partial charge is 0.312 e. The van der Waals surface area contributed by atoms with Gasteiger partial charge in [0.15, 0.2) is 0 Å². The number of sulfonamides is 1. The van der Waals surface area contributed by atoms with E-state index in [-0.39, 0.29) is 34.4 Å². The van der Waals surface area contributed by atoms with Crippen molar-refractivity contribution in [1.29, 1.82) is 5.26 Å². The summed E-state index contributed by atoms with van der Waals surface area (Å²) in [5.74, 6) is -1.96. The molecule has 150 valence electrons. The van der Waals surface area contributed by atoms with E-state index < -0.39 is 21.8 Å². The van der Waals surface area contributed by atoms with Crippen LogP contribution in [0.25, 0.3) is 0 Å². The minimum Gasteiger partial charge on any atom is -0.312 e. The average molecular weight is 562 g/mol. The van der Waals surface area contributed by atoms with Crippen molar-refractivity contribution in [3.8, 4) is 6.07 Å². The van der Waals surface area contributed by atoms with Crippen molar-refractivity contribution in [2.24, 2.45) is 5.92 Å². The number of nitrogens with one attached hydrogen (secondary N) is 1. The fraction of sp³-hybridized carbons (Fsp3) is 0.167. The smallest absolute Gasteiger partial charge is 0.265 e. The van der Waals surface area contributed by atoms with Gasteiger partial charge in [0.2, 0.25) is 11.8 Å². The number of amides is 2. The van der Waals surface area contributed by atoms with Crippen LogP contribution in [0.5, 0.6) is 0 Å². The second-order valence-electron chi connectivity index (χ2n) is 6.23. The summed E-state index contributed by atoms with van der Waals surface area (Å²) in [6.07, 6.45) is -0.140. The molecule has 0 bridgehead atoms. The lowest BCUT2D eigenvalue weighted by molar-refractivity contribution is -0.124. The molecular weight excluding hydrogens is 550 g/mol. The molecule has 3 rings (SSSR count). The number of nitriles is 1. The molecule has 0 spiro atoms. The number of carbonyl (C=O) groups excluding carboxylic acids is 2. The Bertz CT molecular complexity index is 1160. The molecule has 1 saturated heterocycles. The highest BCUT2D eigenvalue weighted by Crippen LogP contribution is 2.30. The first kappa shape index (κ1) is 21.8. The molecule has 7 nitrogen and oxygen atoms in total. The molecule has 1 fully saturated rings. The molecule has 1 heterocycles. The van der Waals surface area contributed by atoms with Gasteiger partial charge < -0.3 is 4.90 Å². The lowest BCUT2D eigenvalue weighted by Gasteiger charge is -2.17. The van der Waals surface area contributed by atoms with Gasteiger partial charge in [-0.1, -0.05) is 27.5 Å². The zero-order valence-corrected chi connectivity index (χ0v) is 19.3. The fourth-order valence-corrected chi connectivity index (χ4v) is 5.61. The van der Waals surface area contributed by atoms with Crippen molar-refractivity contribution in [2.45, 2.75) is 11.3 Å². The SMILES string of the molecule is N#Cc1ccc(N2CC(C(=O)NS(=O)(=O)c3cc(Br)ccc3Br)CC2=O)cc1Cl. The number of benzene rings is 2. The van der Waals surface area contributed by atoms with E-state index in [0.29, 0.717) is 14.6 Å². The van der Waals surface area contributed by atoms with Crippen molar-refractivity contribution < 1.29 is 18.0 Å². The third kappa shape index (κ3) is 4.64. The highest BCUT2D eigenvalue weighted by Gasteiger charge is 2.37. The van der Waals surface area contributed by atoms with E-state index in [0.717, 1.165) is 0 Å². The van der Waals surface area contributed by atoms with E-state index in [1.807, 2.05) is 10.8 Å². The maximum Gasteiger partial charge on any atom is 0.265 e. The summed E-state index contributed by atoms with van der Waals surface area (Å²) >= 11 is 12.4. The standard InChI is InChI=1S/C18H12Br2ClN3O4S/c19-12-2-4-14(20)16(6-12)29(27,28)23-18(26)11-5-17(25)24(9-11)13-3-1-10(8-22)15(21)7-13/h1-4,6-7,11H,5,9H2,(H,23,26). The van der Waals surface area contributed by atoms with Crippen LogP contribution >= 0.6 is 43.5 Å². The first-order chi connectivity index (χ1) is 13.6. The van der Waals surface area contributed by atoms with Gasteiger partial charge in [-0.3, -0.25) is 9.59 Å². The van der Waals surface area contributed by atoms with Crippen LogP contribution in [-0.4, -0.2) is 26.8 Å². The molecular formula is C18H12Br2ClN3O4S. The Balaban J connectivity index is 1.78. The molecule has 0 saturated carbocycles. The molecule has 0 aromatic heterocycles. The molecule has 29 heavy (non-hydrogen) atoms. The van der Waals surface area contributed by atoms with Crippen molar-refractivity contribution in [3.63, 3.8) is 0 Å². The lowest BCUT2D eigenvalue weighted by Crippen LogP contribution is -2.37. The molecule has 2 aromatic rings. The summed E-state index contributed by atoms with van der Waals surface area (Å²) in [5.41, 5.74) is 0.703. The Kier molecular flexibility index (Phi) is 6.33. The molecule has 1 atom stereocenters. The van der Waals surface area contributed by atoms with Gasteiger partial charge in [-0.2, -0.15) is 5.26 Å². The quantitative estimate of drug-likeness (QED) is 0.614. The van der Waals surface area contributed by atoms with Gasteiger partial charge in [-0.15, -0.1) is 0 Å². The van der Waals surface area contributed by atoms with Crippen LogP contribution in [0.15, 0.2) is 50.2 Å². The molecule has 1 unspecified atom stereocenters. The maximum absolute atomic E-state index is 12.6. The van der Waals surface area contributed by atoms with Gasteiger partial charge in [0, 0.05) is 27.6 Å². The summed E-state index contributed by atoms with van der Waals surface area (Å²) in [4.78, 5) is 26.2. The molecule has 1 aliphatic rings. The average Bonchev–Trinajstić information content (AvgIpc) is 3.05. The molecule has 1 aliphatic heterocycles. The van der Waals surface area contributed by atoms with Crippen molar-refractivity contribution in [3.05, 3.63) is 55.9 Å². The highest BCUT2D eigenvalue weighted by molar-refractivity contribution is 9.11. The first-order valence-corrected chi connectivity index (χ1v) is 11.6. The molecule has 2 amide bonds. The first-order valence-electron chi connectivity index (χ1n) is 8.14. The van der Waals surface area contributed by atoms with Crippen LogP contribution in [0, 0.1) is 17.2 Å². The third-order valence-electron chi connectivity index (χ3n) is 4.30. The molecule has 11 heteroatoms. The molecule has 0 radical (unpaired) electrons. The summed E-state index contributed by atoms with van der Waals surface area (Å²) in [5, 5.41) is 9.14. The van der Waals surface area contributed by atoms with E-state index in [2.05, 4.69) is 31.9 Å². The van der Waals surface area contributed by atoms with Crippen LogP contribution in [0.2, 0.25) is 5.02 Å². The van der Waals surface area contributed by atoms with E-state index in [1.165, 1.54) is 23.1 Å². The Morgan fingerprint density at radius 1 is 1.24 bits per heavy atom. The number of carbonyl (C=O) groups is 2. The Hall–Kier alpha value is -1.93. The van der Waals surface area contributed by atoms with Crippen LogP contribution in [-0.2, 0) is 19.6 Å². The van der Waals surface area contributed by atoms with E-state index in [1.54, 1.807) is 18.2 Å². The topological polar surface area (TPSA) is 107 Å². The maximum atomic E-state index is 12.6. The van der Waals surface area contributed by atoms with Crippen LogP contribution in [0.4, 0.5) is 5.69 Å². The van der Waals surface area contributed by atoms with Gasteiger partial charge in [0.25, 0.3) is 10.0 Å². The second-order valence-corrected chi connectivity index (χ2v) is 10.1. The van der Waals surface area contributed by atoms with E-state index >= 15 is 0 Å². The fourth-order valence-electron chi connectivity index (χ4n) is 2.85. The lowest BCUT2D eigenvalue weighted by atomic mass is 10.1. The number of hydrogen-bond acceptors (Lipinski definition) is 5. The van der Waals surface area contributed by atoms with Gasteiger partial charge >= 0.3 is 0 Å². The van der Waals surface area contributed by atoms with Gasteiger partial charge in [0.05, 0.1) is 16.5 Å². The van der Waals surface area contributed by atoms with Crippen LogP contribution in [0.1, 0.15) is 12.0 Å². The van der Waals surface area contributed by atoms with Gasteiger partial charge in [0.1, 0.15) is 11.0 Å². The summed E-state index contributed by atoms with van der Waals surface area (Å²) < 4.78 is 28.1. The normalized spacial score (nSPS) is 16.6. The minimum atomic E-state index is -4.13. The molecule has 1 N–H and O–H groups in total. The minimum absolute atomic E-state index is 0.00205. The summed E-state index contributed by atoms with van der Waals surface area (Å²) in [6, 6.07) is 11.0. The Morgan fingerprint density at radius 3 is 2.62 bits per heavy atom. The zero-order chi connectivity index (χ0) is 21.3. The summed E-state index contributed by atoms with van der Waals surface area (Å²) in [7, 11) is -4.13. The Morgan fingerprint density at radius 2 is 1.97 bits per heavy atom. The highest BCUT2D eigenvalue weighted by atomic mass is 79.9. The third-order valence-corrected chi connectivity index (χ3v) is 7.44. The second kappa shape index (κ2) is 8.44. The number of nitrogens with zero attached hydrogens (tertiary/aromatic N) is 2. The number of hydrogen-bond donors (Lipinski definition) is 1. The van der Waals surface area contributed by atoms with E-state index in [4.69, 9.17) is 16.9 Å². The number of halogens is 3. The number of anilines is 1.